The number of hydrogen-bond acceptors (Lipinski definition) is 5. The molecule has 0 aromatic carbocycles. The molecular weight excluding hydrogens is 236 g/mol. The van der Waals surface area contributed by atoms with Crippen molar-refractivity contribution in [3.63, 3.8) is 0 Å². The van der Waals surface area contributed by atoms with Crippen LogP contribution in [0.15, 0.2) is 0 Å². The van der Waals surface area contributed by atoms with Crippen molar-refractivity contribution in [3.8, 4) is 0 Å². The molecule has 6 heteroatoms. The molecule has 17 heavy (non-hydrogen) atoms. The first-order valence-electron chi connectivity index (χ1n) is 5.78. The van der Waals surface area contributed by atoms with Crippen LogP contribution >= 0.6 is 11.3 Å². The summed E-state index contributed by atoms with van der Waals surface area (Å²) in [7, 11) is 1.77. The highest BCUT2D eigenvalue weighted by molar-refractivity contribution is 7.18. The molecule has 2 unspecified atom stereocenters. The Labute approximate surface area is 105 Å². The zero-order chi connectivity index (χ0) is 12.6. The van der Waals surface area contributed by atoms with Crippen molar-refractivity contribution >= 4 is 28.2 Å². The predicted octanol–water partition coefficient (Wildman–Crippen LogP) is 1.64. The van der Waals surface area contributed by atoms with E-state index in [1.165, 1.54) is 11.3 Å². The summed E-state index contributed by atoms with van der Waals surface area (Å²) in [5.41, 5.74) is 5.78. The lowest BCUT2D eigenvalue weighted by Crippen LogP contribution is -2.33. The molecule has 0 radical (unpaired) electrons. The van der Waals surface area contributed by atoms with Crippen LogP contribution in [0, 0.1) is 5.92 Å². The van der Waals surface area contributed by atoms with E-state index in [4.69, 9.17) is 5.73 Å². The minimum absolute atomic E-state index is 0.0124. The number of aromatic nitrogens is 1. The molecule has 1 aliphatic rings. The molecule has 2 rings (SSSR count). The Morgan fingerprint density at radius 2 is 2.29 bits per heavy atom. The van der Waals surface area contributed by atoms with Gasteiger partial charge in [0.15, 0.2) is 5.13 Å². The highest BCUT2D eigenvalue weighted by Gasteiger charge is 2.32. The largest absolute Gasteiger partial charge is 0.382 e. The molecule has 1 amide bonds. The summed E-state index contributed by atoms with van der Waals surface area (Å²) in [5, 5.41) is 3.60. The van der Waals surface area contributed by atoms with Gasteiger partial charge in [0.05, 0.1) is 0 Å². The number of likely N-dealkylation sites (tertiary alicyclic amines) is 1. The van der Waals surface area contributed by atoms with Crippen molar-refractivity contribution in [1.29, 1.82) is 0 Å². The zero-order valence-corrected chi connectivity index (χ0v) is 11.2. The predicted molar refractivity (Wildman–Crippen MR) is 70.4 cm³/mol. The SMILES string of the molecule is CNc1nc(N)c(C(=O)N2CC(C)CC2C)s1. The van der Waals surface area contributed by atoms with Crippen LogP contribution in [0.2, 0.25) is 0 Å². The Bertz CT molecular complexity index is 431. The molecular formula is C11H18N4OS. The van der Waals surface area contributed by atoms with Crippen molar-refractivity contribution in [1.82, 2.24) is 9.88 Å². The Morgan fingerprint density at radius 1 is 1.59 bits per heavy atom. The first-order chi connectivity index (χ1) is 8.02. The summed E-state index contributed by atoms with van der Waals surface area (Å²) in [6, 6.07) is 0.289. The number of hydrogen-bond donors (Lipinski definition) is 2. The third-order valence-corrected chi connectivity index (χ3v) is 4.18. The number of nitrogens with zero attached hydrogens (tertiary/aromatic N) is 2. The molecule has 1 fully saturated rings. The molecule has 0 bridgehead atoms. The maximum atomic E-state index is 12.3. The van der Waals surface area contributed by atoms with Crippen LogP contribution in [0.4, 0.5) is 10.9 Å². The first-order valence-corrected chi connectivity index (χ1v) is 6.59. The number of amides is 1. The average molecular weight is 254 g/mol. The van der Waals surface area contributed by atoms with Crippen LogP contribution in [0.5, 0.6) is 0 Å². The molecule has 1 aromatic rings. The lowest BCUT2D eigenvalue weighted by molar-refractivity contribution is 0.0749. The molecule has 94 valence electrons. The molecule has 3 N–H and O–H groups in total. The Balaban J connectivity index is 2.22. The van der Waals surface area contributed by atoms with Crippen LogP contribution in [0.1, 0.15) is 29.9 Å². The van der Waals surface area contributed by atoms with E-state index in [1.807, 2.05) is 4.90 Å². The molecule has 5 nitrogen and oxygen atoms in total. The normalized spacial score (nSPS) is 24.1. The average Bonchev–Trinajstić information content (AvgIpc) is 2.81. The molecule has 2 heterocycles. The molecule has 0 aliphatic carbocycles. The maximum absolute atomic E-state index is 12.3. The Kier molecular flexibility index (Phi) is 3.24. The molecule has 1 saturated heterocycles. The number of carbonyl (C=O) groups excluding carboxylic acids is 1. The molecule has 1 aromatic heterocycles. The van der Waals surface area contributed by atoms with Gasteiger partial charge in [-0.2, -0.15) is 0 Å². The maximum Gasteiger partial charge on any atom is 0.268 e. The quantitative estimate of drug-likeness (QED) is 0.841. The third-order valence-electron chi connectivity index (χ3n) is 3.11. The van der Waals surface area contributed by atoms with E-state index in [0.717, 1.165) is 13.0 Å². The number of nitrogen functional groups attached to an aromatic ring is 1. The second-order valence-corrected chi connectivity index (χ2v) is 5.63. The lowest BCUT2D eigenvalue weighted by Gasteiger charge is -2.20. The number of thiazole rings is 1. The van der Waals surface area contributed by atoms with Gasteiger partial charge in [0.2, 0.25) is 0 Å². The highest BCUT2D eigenvalue weighted by atomic mass is 32.1. The van der Waals surface area contributed by atoms with E-state index >= 15 is 0 Å². The van der Waals surface area contributed by atoms with E-state index in [1.54, 1.807) is 7.05 Å². The van der Waals surface area contributed by atoms with E-state index in [2.05, 4.69) is 24.1 Å². The van der Waals surface area contributed by atoms with Gasteiger partial charge in [-0.15, -0.1) is 0 Å². The monoisotopic (exact) mass is 254 g/mol. The number of carbonyl (C=O) groups is 1. The minimum atomic E-state index is 0.0124. The van der Waals surface area contributed by atoms with E-state index in [-0.39, 0.29) is 11.9 Å². The van der Waals surface area contributed by atoms with Crippen LogP contribution < -0.4 is 11.1 Å². The van der Waals surface area contributed by atoms with Crippen molar-refractivity contribution in [3.05, 3.63) is 4.88 Å². The fourth-order valence-corrected chi connectivity index (χ4v) is 3.10. The lowest BCUT2D eigenvalue weighted by atomic mass is 10.1. The van der Waals surface area contributed by atoms with Gasteiger partial charge < -0.3 is 16.0 Å². The summed E-state index contributed by atoms with van der Waals surface area (Å²) in [6.45, 7) is 5.06. The molecule has 0 spiro atoms. The summed E-state index contributed by atoms with van der Waals surface area (Å²) in [4.78, 5) is 18.9. The third kappa shape index (κ3) is 2.22. The van der Waals surface area contributed by atoms with Crippen molar-refractivity contribution in [2.24, 2.45) is 5.92 Å². The molecule has 1 aliphatic heterocycles. The summed E-state index contributed by atoms with van der Waals surface area (Å²) < 4.78 is 0. The van der Waals surface area contributed by atoms with E-state index in [9.17, 15) is 4.79 Å². The van der Waals surface area contributed by atoms with Gasteiger partial charge in [0, 0.05) is 19.6 Å². The summed E-state index contributed by atoms with van der Waals surface area (Å²) >= 11 is 1.32. The topological polar surface area (TPSA) is 71.2 Å². The Hall–Kier alpha value is -1.30. The highest BCUT2D eigenvalue weighted by Crippen LogP contribution is 2.30. The van der Waals surface area contributed by atoms with Gasteiger partial charge in [-0.3, -0.25) is 4.79 Å². The number of rotatable bonds is 2. The van der Waals surface area contributed by atoms with Crippen molar-refractivity contribution in [2.75, 3.05) is 24.6 Å². The first kappa shape index (κ1) is 12.2. The second kappa shape index (κ2) is 4.52. The van der Waals surface area contributed by atoms with Crippen LogP contribution in [-0.4, -0.2) is 35.4 Å². The van der Waals surface area contributed by atoms with Crippen LogP contribution in [0.3, 0.4) is 0 Å². The summed E-state index contributed by atoms with van der Waals surface area (Å²) in [5.74, 6) is 0.904. The van der Waals surface area contributed by atoms with Gasteiger partial charge >= 0.3 is 0 Å². The number of nitrogens with one attached hydrogen (secondary N) is 1. The zero-order valence-electron chi connectivity index (χ0n) is 10.4. The minimum Gasteiger partial charge on any atom is -0.382 e. The van der Waals surface area contributed by atoms with Crippen molar-refractivity contribution in [2.45, 2.75) is 26.3 Å². The van der Waals surface area contributed by atoms with Crippen molar-refractivity contribution < 1.29 is 4.79 Å². The fraction of sp³-hybridized carbons (Fsp3) is 0.636. The van der Waals surface area contributed by atoms with Gasteiger partial charge in [-0.25, -0.2) is 4.98 Å². The molecule has 0 saturated carbocycles. The van der Waals surface area contributed by atoms with Gasteiger partial charge in [0.25, 0.3) is 5.91 Å². The van der Waals surface area contributed by atoms with Crippen LogP contribution in [-0.2, 0) is 0 Å². The molecule has 2 atom stereocenters. The van der Waals surface area contributed by atoms with Gasteiger partial charge in [-0.1, -0.05) is 18.3 Å². The summed E-state index contributed by atoms with van der Waals surface area (Å²) in [6.07, 6.45) is 1.06. The fourth-order valence-electron chi connectivity index (χ4n) is 2.31. The standard InChI is InChI=1S/C11H18N4OS/c1-6-4-7(2)15(5-6)10(16)8-9(12)14-11(13-3)17-8/h6-7H,4-5,12H2,1-3H3,(H,13,14). The van der Waals surface area contributed by atoms with E-state index in [0.29, 0.717) is 21.7 Å². The van der Waals surface area contributed by atoms with Gasteiger partial charge in [0.1, 0.15) is 10.7 Å². The smallest absolute Gasteiger partial charge is 0.268 e. The Morgan fingerprint density at radius 3 is 2.76 bits per heavy atom. The number of nitrogens with two attached hydrogens (primary N) is 1. The second-order valence-electron chi connectivity index (χ2n) is 4.63. The van der Waals surface area contributed by atoms with Crippen LogP contribution in [0.25, 0.3) is 0 Å². The van der Waals surface area contributed by atoms with Gasteiger partial charge in [-0.05, 0) is 19.3 Å². The van der Waals surface area contributed by atoms with E-state index < -0.39 is 0 Å². The number of anilines is 2.